The Bertz CT molecular complexity index is 556. The van der Waals surface area contributed by atoms with E-state index >= 15 is 0 Å². The molecule has 156 valence electrons. The second kappa shape index (κ2) is 11.0. The van der Waals surface area contributed by atoms with Crippen LogP contribution in [0.2, 0.25) is 0 Å². The molecule has 0 bridgehead atoms. The minimum Gasteiger partial charge on any atom is -0.392 e. The lowest BCUT2D eigenvalue weighted by atomic mass is 9.90. The monoisotopic (exact) mass is 419 g/mol. The Morgan fingerprint density at radius 1 is 0.963 bits per heavy atom. The van der Waals surface area contributed by atoms with Gasteiger partial charge < -0.3 is 19.9 Å². The van der Waals surface area contributed by atoms with Gasteiger partial charge in [0.2, 0.25) is 0 Å². The van der Waals surface area contributed by atoms with Gasteiger partial charge in [-0.05, 0) is 70.6 Å². The number of nitrogens with zero attached hydrogens (tertiary/aromatic N) is 4. The van der Waals surface area contributed by atoms with E-state index in [0.717, 1.165) is 71.4 Å². The van der Waals surface area contributed by atoms with Crippen LogP contribution in [0.25, 0.3) is 0 Å². The average Bonchev–Trinajstić information content (AvgIpc) is 2.91. The summed E-state index contributed by atoms with van der Waals surface area (Å²) in [5, 5.41) is 23.0. The Hall–Kier alpha value is -0.400. The molecule has 1 unspecified atom stereocenters. The van der Waals surface area contributed by atoms with Crippen LogP contribution in [0, 0.1) is 5.92 Å². The number of aliphatic hydroxyl groups is 1. The van der Waals surface area contributed by atoms with Crippen LogP contribution in [-0.2, 0) is 13.0 Å². The van der Waals surface area contributed by atoms with Crippen LogP contribution >= 0.6 is 24.8 Å². The fourth-order valence-electron chi connectivity index (χ4n) is 4.83. The van der Waals surface area contributed by atoms with Crippen LogP contribution < -0.4 is 5.32 Å². The highest BCUT2D eigenvalue weighted by Gasteiger charge is 2.29. The normalized spacial score (nSPS) is 23.6. The maximum Gasteiger partial charge on any atom is 0.136 e. The number of rotatable bonds is 4. The molecule has 2 fully saturated rings. The summed E-state index contributed by atoms with van der Waals surface area (Å²) in [6, 6.07) is 0. The van der Waals surface area contributed by atoms with Crippen molar-refractivity contribution in [1.29, 1.82) is 0 Å². The van der Waals surface area contributed by atoms with Crippen molar-refractivity contribution in [3.8, 4) is 0 Å². The van der Waals surface area contributed by atoms with E-state index in [1.165, 1.54) is 30.9 Å². The van der Waals surface area contributed by atoms with Crippen molar-refractivity contribution >= 4 is 24.8 Å². The minimum absolute atomic E-state index is 0. The number of aliphatic hydroxyl groups excluding tert-OH is 1. The van der Waals surface area contributed by atoms with E-state index in [4.69, 9.17) is 0 Å². The lowest BCUT2D eigenvalue weighted by Gasteiger charge is -2.35. The van der Waals surface area contributed by atoms with Crippen molar-refractivity contribution in [2.24, 2.45) is 5.92 Å². The van der Waals surface area contributed by atoms with Crippen molar-refractivity contribution < 1.29 is 5.11 Å². The van der Waals surface area contributed by atoms with Gasteiger partial charge in [0, 0.05) is 25.4 Å². The third kappa shape index (κ3) is 5.57. The Balaban J connectivity index is 0.00000131. The van der Waals surface area contributed by atoms with Crippen molar-refractivity contribution in [3.05, 3.63) is 11.6 Å². The van der Waals surface area contributed by atoms with E-state index in [2.05, 4.69) is 25.0 Å². The standard InChI is InChI=1S/C19H33N5O.2ClH/c25-17(15-5-9-20-10-6-15)14-23-12-7-16(8-13-23)19-22-21-18-4-2-1-3-11-24(18)19;;/h15-17,20,25H,1-14H2;2*1H. The number of likely N-dealkylation sites (tertiary alicyclic amines) is 1. The van der Waals surface area contributed by atoms with Crippen molar-refractivity contribution in [2.75, 3.05) is 32.7 Å². The maximum atomic E-state index is 10.6. The summed E-state index contributed by atoms with van der Waals surface area (Å²) >= 11 is 0. The number of nitrogens with one attached hydrogen (secondary N) is 1. The molecular weight excluding hydrogens is 385 g/mol. The third-order valence-electron chi connectivity index (χ3n) is 6.46. The molecule has 3 aliphatic heterocycles. The molecule has 1 aromatic rings. The molecule has 0 spiro atoms. The van der Waals surface area contributed by atoms with E-state index in [9.17, 15) is 5.11 Å². The quantitative estimate of drug-likeness (QED) is 0.783. The largest absolute Gasteiger partial charge is 0.392 e. The van der Waals surface area contributed by atoms with Gasteiger partial charge in [0.05, 0.1) is 6.10 Å². The van der Waals surface area contributed by atoms with Crippen LogP contribution in [0.15, 0.2) is 0 Å². The summed E-state index contributed by atoms with van der Waals surface area (Å²) in [4.78, 5) is 2.46. The molecule has 1 aromatic heterocycles. The van der Waals surface area contributed by atoms with E-state index in [1.54, 1.807) is 0 Å². The zero-order valence-electron chi connectivity index (χ0n) is 16.2. The van der Waals surface area contributed by atoms with Gasteiger partial charge in [-0.2, -0.15) is 0 Å². The number of aromatic nitrogens is 3. The molecule has 0 aromatic carbocycles. The molecule has 0 saturated carbocycles. The second-order valence-electron chi connectivity index (χ2n) is 8.17. The van der Waals surface area contributed by atoms with Gasteiger partial charge in [0.15, 0.2) is 0 Å². The van der Waals surface area contributed by atoms with Crippen molar-refractivity contribution in [1.82, 2.24) is 25.0 Å². The van der Waals surface area contributed by atoms with Crippen LogP contribution in [0.4, 0.5) is 0 Å². The molecule has 4 rings (SSSR count). The van der Waals surface area contributed by atoms with Gasteiger partial charge in [0.25, 0.3) is 0 Å². The molecule has 6 nitrogen and oxygen atoms in total. The molecule has 0 radical (unpaired) electrons. The lowest BCUT2D eigenvalue weighted by Crippen LogP contribution is -2.43. The molecule has 2 N–H and O–H groups in total. The van der Waals surface area contributed by atoms with Crippen LogP contribution in [0.1, 0.15) is 62.5 Å². The number of hydrogen-bond donors (Lipinski definition) is 2. The summed E-state index contributed by atoms with van der Waals surface area (Å²) < 4.78 is 2.41. The summed E-state index contributed by atoms with van der Waals surface area (Å²) in [5.74, 6) is 3.46. The summed E-state index contributed by atoms with van der Waals surface area (Å²) in [5.41, 5.74) is 0. The molecule has 4 heterocycles. The highest BCUT2D eigenvalue weighted by molar-refractivity contribution is 5.85. The minimum atomic E-state index is -0.164. The summed E-state index contributed by atoms with van der Waals surface area (Å²) in [7, 11) is 0. The van der Waals surface area contributed by atoms with Crippen molar-refractivity contribution in [3.63, 3.8) is 0 Å². The first-order valence-electron chi connectivity index (χ1n) is 10.3. The van der Waals surface area contributed by atoms with E-state index in [1.807, 2.05) is 0 Å². The molecule has 27 heavy (non-hydrogen) atoms. The SMILES string of the molecule is Cl.Cl.OC(CN1CCC(c2nnc3n2CCCCC3)CC1)C1CCNCC1. The maximum absolute atomic E-state index is 10.6. The predicted molar refractivity (Wildman–Crippen MR) is 112 cm³/mol. The molecule has 3 aliphatic rings. The Morgan fingerprint density at radius 2 is 1.70 bits per heavy atom. The smallest absolute Gasteiger partial charge is 0.136 e. The first-order chi connectivity index (χ1) is 12.3. The highest BCUT2D eigenvalue weighted by atomic mass is 35.5. The van der Waals surface area contributed by atoms with Crippen LogP contribution in [0.5, 0.6) is 0 Å². The Morgan fingerprint density at radius 3 is 2.44 bits per heavy atom. The van der Waals surface area contributed by atoms with E-state index in [0.29, 0.717) is 11.8 Å². The molecule has 0 aliphatic carbocycles. The molecule has 8 heteroatoms. The van der Waals surface area contributed by atoms with Gasteiger partial charge in [-0.3, -0.25) is 0 Å². The molecule has 2 saturated heterocycles. The van der Waals surface area contributed by atoms with Gasteiger partial charge in [-0.25, -0.2) is 0 Å². The highest BCUT2D eigenvalue weighted by Crippen LogP contribution is 2.29. The fraction of sp³-hybridized carbons (Fsp3) is 0.895. The van der Waals surface area contributed by atoms with Crippen LogP contribution in [-0.4, -0.2) is 63.6 Å². The fourth-order valence-corrected chi connectivity index (χ4v) is 4.83. The average molecular weight is 420 g/mol. The van der Waals surface area contributed by atoms with E-state index in [-0.39, 0.29) is 30.9 Å². The Kier molecular flexibility index (Phi) is 9.29. The second-order valence-corrected chi connectivity index (χ2v) is 8.17. The molecule has 1 atom stereocenters. The van der Waals surface area contributed by atoms with Gasteiger partial charge in [-0.15, -0.1) is 35.0 Å². The van der Waals surface area contributed by atoms with Crippen molar-refractivity contribution in [2.45, 2.75) is 69.9 Å². The number of aryl methyl sites for hydroxylation is 1. The molecular formula is C19H35Cl2N5O. The topological polar surface area (TPSA) is 66.2 Å². The lowest BCUT2D eigenvalue weighted by molar-refractivity contribution is 0.0422. The zero-order valence-corrected chi connectivity index (χ0v) is 17.8. The number of β-amino-alcohol motifs (C(OH)–C–C–N with tert-alkyl or cyclic N) is 1. The van der Waals surface area contributed by atoms with Gasteiger partial charge in [-0.1, -0.05) is 6.42 Å². The first kappa shape index (κ1) is 22.9. The van der Waals surface area contributed by atoms with Gasteiger partial charge >= 0.3 is 0 Å². The third-order valence-corrected chi connectivity index (χ3v) is 6.46. The van der Waals surface area contributed by atoms with E-state index < -0.39 is 0 Å². The van der Waals surface area contributed by atoms with Gasteiger partial charge in [0.1, 0.15) is 11.6 Å². The number of halogens is 2. The summed E-state index contributed by atoms with van der Waals surface area (Å²) in [6.45, 7) is 6.22. The molecule has 0 amide bonds. The number of hydrogen-bond acceptors (Lipinski definition) is 5. The number of piperidine rings is 2. The van der Waals surface area contributed by atoms with Crippen LogP contribution in [0.3, 0.4) is 0 Å². The predicted octanol–water partition coefficient (Wildman–Crippen LogP) is 2.39. The summed E-state index contributed by atoms with van der Waals surface area (Å²) in [6.07, 6.45) is 9.29. The zero-order chi connectivity index (χ0) is 17.1. The Labute approximate surface area is 175 Å². The first-order valence-corrected chi connectivity index (χ1v) is 10.3. The number of fused-ring (bicyclic) bond motifs is 1.